The highest BCUT2D eigenvalue weighted by Crippen LogP contribution is 2.43. The van der Waals surface area contributed by atoms with Gasteiger partial charge in [-0.2, -0.15) is 0 Å². The Kier molecular flexibility index (Phi) is 69.9. The van der Waals surface area contributed by atoms with Crippen LogP contribution in [-0.2, 0) is 32.7 Å². The zero-order chi connectivity index (χ0) is 67.2. The number of hydrogen-bond donors (Lipinski definition) is 2. The molecule has 2 unspecified atom stereocenters. The molecule has 0 saturated carbocycles. The Balaban J connectivity index is 4.10. The molecule has 2 atom stereocenters. The molecule has 0 spiro atoms. The third-order valence-electron chi connectivity index (χ3n) is 13.7. The van der Waals surface area contributed by atoms with Gasteiger partial charge in [0.25, 0.3) is 0 Å². The van der Waals surface area contributed by atoms with E-state index < -0.39 is 32.5 Å². The van der Waals surface area contributed by atoms with E-state index in [2.05, 4.69) is 257 Å². The fourth-order valence-electron chi connectivity index (χ4n) is 8.57. The number of rotatable bonds is 63. The lowest BCUT2D eigenvalue weighted by atomic mass is 10.1. The molecule has 0 aromatic rings. The van der Waals surface area contributed by atoms with E-state index in [9.17, 15) is 19.0 Å². The Morgan fingerprint density at radius 1 is 0.323 bits per heavy atom. The molecule has 0 amide bonds. The van der Waals surface area contributed by atoms with Crippen LogP contribution in [0, 0.1) is 0 Å². The maximum absolute atomic E-state index is 12.8. The van der Waals surface area contributed by atoms with Crippen LogP contribution in [-0.4, -0.2) is 49.3 Å². The van der Waals surface area contributed by atoms with Gasteiger partial charge in [-0.25, -0.2) is 4.57 Å². The fourth-order valence-corrected chi connectivity index (χ4v) is 9.34. The summed E-state index contributed by atoms with van der Waals surface area (Å²) in [6.45, 7) is 3.42. The van der Waals surface area contributed by atoms with Gasteiger partial charge in [0.15, 0.2) is 6.10 Å². The number of phosphoric acid groups is 1. The Labute approximate surface area is 567 Å². The van der Waals surface area contributed by atoms with Crippen LogP contribution in [0.3, 0.4) is 0 Å². The summed E-state index contributed by atoms with van der Waals surface area (Å²) in [6.07, 6.45) is 120. The third-order valence-corrected chi connectivity index (χ3v) is 14.7. The van der Waals surface area contributed by atoms with Crippen LogP contribution in [0.25, 0.3) is 0 Å². The number of ether oxygens (including phenoxy) is 2. The molecule has 0 aromatic carbocycles. The van der Waals surface area contributed by atoms with E-state index in [4.69, 9.17) is 24.3 Å². The lowest BCUT2D eigenvalue weighted by molar-refractivity contribution is -0.161. The smallest absolute Gasteiger partial charge is 0.462 e. The molecule has 9 nitrogen and oxygen atoms in total. The highest BCUT2D eigenvalue weighted by molar-refractivity contribution is 7.47. The van der Waals surface area contributed by atoms with Crippen molar-refractivity contribution in [3.63, 3.8) is 0 Å². The number of allylic oxidation sites excluding steroid dienone is 40. The Hall–Kier alpha value is -6.19. The number of carbonyl (C=O) groups is 2. The van der Waals surface area contributed by atoms with Crippen LogP contribution >= 0.6 is 7.82 Å². The van der Waals surface area contributed by atoms with Crippen molar-refractivity contribution in [2.45, 2.75) is 238 Å². The second-order valence-corrected chi connectivity index (χ2v) is 23.7. The minimum atomic E-state index is -4.43. The molecule has 0 rings (SSSR count). The maximum Gasteiger partial charge on any atom is 0.472 e. The molecule has 516 valence electrons. The first-order chi connectivity index (χ1) is 45.8. The third kappa shape index (κ3) is 74.7. The molecule has 0 aliphatic rings. The minimum Gasteiger partial charge on any atom is -0.462 e. The molecule has 0 bridgehead atoms. The van der Waals surface area contributed by atoms with Gasteiger partial charge in [-0.15, -0.1) is 0 Å². The van der Waals surface area contributed by atoms with Gasteiger partial charge in [-0.05, 0) is 167 Å². The van der Waals surface area contributed by atoms with Gasteiger partial charge in [0, 0.05) is 19.4 Å². The van der Waals surface area contributed by atoms with Gasteiger partial charge in [0.2, 0.25) is 0 Å². The number of unbranched alkanes of at least 4 members (excludes halogenated alkanes) is 10. The molecule has 0 fully saturated rings. The molecular formula is C83H126NO8P. The van der Waals surface area contributed by atoms with Crippen LogP contribution < -0.4 is 5.73 Å². The summed E-state index contributed by atoms with van der Waals surface area (Å²) in [4.78, 5) is 35.4. The van der Waals surface area contributed by atoms with E-state index >= 15 is 0 Å². The predicted octanol–water partition coefficient (Wildman–Crippen LogP) is 24.0. The van der Waals surface area contributed by atoms with E-state index in [1.54, 1.807) is 0 Å². The van der Waals surface area contributed by atoms with Crippen LogP contribution in [0.5, 0.6) is 0 Å². The number of esters is 2. The largest absolute Gasteiger partial charge is 0.472 e. The first kappa shape index (κ1) is 86.8. The lowest BCUT2D eigenvalue weighted by Crippen LogP contribution is -2.29. The summed E-state index contributed by atoms with van der Waals surface area (Å²) >= 11 is 0. The number of phosphoric ester groups is 1. The van der Waals surface area contributed by atoms with Crippen LogP contribution in [0.15, 0.2) is 243 Å². The van der Waals surface area contributed by atoms with Crippen molar-refractivity contribution in [1.82, 2.24) is 0 Å². The van der Waals surface area contributed by atoms with Gasteiger partial charge in [0.05, 0.1) is 13.2 Å². The summed E-state index contributed by atoms with van der Waals surface area (Å²) in [5.41, 5.74) is 5.40. The molecule has 0 aromatic heterocycles. The van der Waals surface area contributed by atoms with Crippen LogP contribution in [0.1, 0.15) is 232 Å². The quantitative estimate of drug-likeness (QED) is 0.0264. The van der Waals surface area contributed by atoms with E-state index in [-0.39, 0.29) is 32.6 Å². The SMILES string of the molecule is CC/C=C\C/C=C\C/C=C\C/C=C\C/C=C\C/C=C\C/C=C\C/C=C\C/C=C\C/C=C\CCCCCCCCCCC(=O)OC(COC(=O)CCCC/C=C\C/C=C\C/C=C\C/C=C\C/C=C\C/C=C\C/C=C\C/C=C\C/C=C\C/C=C\CC)COP(=O)(O)OCCN. The molecule has 0 aliphatic carbocycles. The van der Waals surface area contributed by atoms with Gasteiger partial charge in [-0.3, -0.25) is 18.6 Å². The first-order valence-electron chi connectivity index (χ1n) is 35.5. The first-order valence-corrected chi connectivity index (χ1v) is 37.0. The zero-order valence-electron chi connectivity index (χ0n) is 57.9. The average Bonchev–Trinajstić information content (AvgIpc) is 3.60. The molecule has 0 radical (unpaired) electrons. The second kappa shape index (κ2) is 74.8. The maximum atomic E-state index is 12.8. The fraction of sp³-hybridized carbons (Fsp3) is 0.494. The van der Waals surface area contributed by atoms with Crippen molar-refractivity contribution < 1.29 is 37.6 Å². The van der Waals surface area contributed by atoms with Crippen molar-refractivity contribution in [1.29, 1.82) is 0 Å². The van der Waals surface area contributed by atoms with Crippen molar-refractivity contribution in [3.8, 4) is 0 Å². The number of hydrogen-bond acceptors (Lipinski definition) is 8. The van der Waals surface area contributed by atoms with Gasteiger partial charge < -0.3 is 20.1 Å². The summed E-state index contributed by atoms with van der Waals surface area (Å²) in [5.74, 6) is -0.909. The molecule has 0 saturated heterocycles. The molecule has 10 heteroatoms. The molecule has 0 aliphatic heterocycles. The minimum absolute atomic E-state index is 0.0321. The molecular weight excluding hydrogens is 1170 g/mol. The Bertz CT molecular complexity index is 2430. The highest BCUT2D eigenvalue weighted by atomic mass is 31.2. The number of nitrogens with two attached hydrogens (primary N) is 1. The number of carbonyl (C=O) groups excluding carboxylic acids is 2. The highest BCUT2D eigenvalue weighted by Gasteiger charge is 2.26. The standard InChI is InChI=1S/C83H126NO8P/c1-3-5-7-9-11-13-15-17-19-21-23-25-27-29-31-33-35-37-38-39-40-41-42-44-46-48-50-52-54-56-58-60-62-64-66-68-70-72-74-76-83(86)92-81(80-91-93(87,88)90-78-77-84)79-89-82(85)75-73-71-69-67-65-63-61-59-57-55-53-51-49-47-45-43-36-34-32-30-28-26-24-22-20-18-16-14-12-10-8-6-4-2/h5-8,11-14,17-20,23-26,29-32,35-37,39-40,42-44,47-50,53-56,59,61,65,67,81H,3-4,9-10,15-16,21-22,27-28,33-34,38,41,45-46,51-52,57-58,60,62-64,66,68-80,84H2,1-2H3,(H,87,88)/b7-5-,8-6-,13-11-,14-12-,19-17-,20-18-,25-23-,26-24-,31-29-,32-30-,37-35-,40-39-,43-36-,44-42-,49-47-,50-48-,55-53-,56-54-,61-59-,67-65-. The van der Waals surface area contributed by atoms with E-state index in [0.717, 1.165) is 167 Å². The molecule has 3 N–H and O–H groups in total. The lowest BCUT2D eigenvalue weighted by Gasteiger charge is -2.19. The normalized spacial score (nSPS) is 14.4. The second-order valence-electron chi connectivity index (χ2n) is 22.3. The topological polar surface area (TPSA) is 134 Å². The van der Waals surface area contributed by atoms with Crippen LogP contribution in [0.2, 0.25) is 0 Å². The summed E-state index contributed by atoms with van der Waals surface area (Å²) in [7, 11) is -4.43. The summed E-state index contributed by atoms with van der Waals surface area (Å²) in [5, 5.41) is 0. The Morgan fingerprint density at radius 3 is 0.849 bits per heavy atom. The molecule has 93 heavy (non-hydrogen) atoms. The van der Waals surface area contributed by atoms with Crippen molar-refractivity contribution >= 4 is 19.8 Å². The van der Waals surface area contributed by atoms with Crippen molar-refractivity contribution in [2.24, 2.45) is 5.73 Å². The van der Waals surface area contributed by atoms with E-state index in [1.807, 2.05) is 0 Å². The summed E-state index contributed by atoms with van der Waals surface area (Å²) in [6, 6.07) is 0. The Morgan fingerprint density at radius 2 is 0.559 bits per heavy atom. The molecule has 0 heterocycles. The zero-order valence-corrected chi connectivity index (χ0v) is 58.8. The van der Waals surface area contributed by atoms with Crippen LogP contribution in [0.4, 0.5) is 0 Å². The average molecular weight is 1300 g/mol. The van der Waals surface area contributed by atoms with Gasteiger partial charge >= 0.3 is 19.8 Å². The monoisotopic (exact) mass is 1300 g/mol. The van der Waals surface area contributed by atoms with Gasteiger partial charge in [-0.1, -0.05) is 295 Å². The van der Waals surface area contributed by atoms with Crippen molar-refractivity contribution in [2.75, 3.05) is 26.4 Å². The predicted molar refractivity (Wildman–Crippen MR) is 403 cm³/mol. The van der Waals surface area contributed by atoms with E-state index in [1.165, 1.54) is 25.7 Å². The van der Waals surface area contributed by atoms with E-state index in [0.29, 0.717) is 12.8 Å². The summed E-state index contributed by atoms with van der Waals surface area (Å²) < 4.78 is 33.1. The van der Waals surface area contributed by atoms with Crippen molar-refractivity contribution in [3.05, 3.63) is 243 Å². The van der Waals surface area contributed by atoms with Gasteiger partial charge in [0.1, 0.15) is 6.61 Å².